The van der Waals surface area contributed by atoms with Crippen molar-refractivity contribution in [3.8, 4) is 0 Å². The van der Waals surface area contributed by atoms with Gasteiger partial charge in [-0.2, -0.15) is 0 Å². The standard InChI is InChI=1S/C22H28FN3O3S/c1-26(2)21(16-7-5-9-18(23)13-16)15-24-22(27)17-8-6-12-20(14-17)30(28,29)25-19-10-3-4-11-19/h5-9,12-14,19,21,25H,3-4,10-11,15H2,1-2H3,(H,24,27)/t21-/m1/s1. The molecular weight excluding hydrogens is 405 g/mol. The van der Waals surface area contributed by atoms with E-state index in [9.17, 15) is 17.6 Å². The molecule has 162 valence electrons. The number of sulfonamides is 1. The lowest BCUT2D eigenvalue weighted by molar-refractivity contribution is 0.0941. The Bertz CT molecular complexity index is 989. The van der Waals surface area contributed by atoms with Crippen molar-refractivity contribution in [1.82, 2.24) is 14.9 Å². The quantitative estimate of drug-likeness (QED) is 0.671. The second kappa shape index (κ2) is 9.68. The summed E-state index contributed by atoms with van der Waals surface area (Å²) in [5.74, 6) is -0.713. The molecule has 2 aromatic rings. The molecule has 1 aliphatic rings. The Labute approximate surface area is 177 Å². The van der Waals surface area contributed by atoms with E-state index in [-0.39, 0.29) is 40.8 Å². The summed E-state index contributed by atoms with van der Waals surface area (Å²) in [5.41, 5.74) is 1.01. The lowest BCUT2D eigenvalue weighted by Crippen LogP contribution is -2.35. The van der Waals surface area contributed by atoms with Crippen molar-refractivity contribution in [3.05, 3.63) is 65.5 Å². The molecule has 8 heteroatoms. The van der Waals surface area contributed by atoms with Crippen LogP contribution in [0.3, 0.4) is 0 Å². The summed E-state index contributed by atoms with van der Waals surface area (Å²) >= 11 is 0. The minimum atomic E-state index is -3.67. The molecule has 0 aromatic heterocycles. The third-order valence-corrected chi connectivity index (χ3v) is 6.91. The number of carbonyl (C=O) groups excluding carboxylic acids is 1. The first-order chi connectivity index (χ1) is 14.3. The van der Waals surface area contributed by atoms with E-state index in [0.29, 0.717) is 0 Å². The van der Waals surface area contributed by atoms with Gasteiger partial charge in [-0.05, 0) is 62.8 Å². The number of hydrogen-bond donors (Lipinski definition) is 2. The Morgan fingerprint density at radius 1 is 1.13 bits per heavy atom. The summed E-state index contributed by atoms with van der Waals surface area (Å²) in [6.07, 6.45) is 3.72. The van der Waals surface area contributed by atoms with E-state index in [0.717, 1.165) is 31.2 Å². The fourth-order valence-electron chi connectivity index (χ4n) is 3.74. The van der Waals surface area contributed by atoms with Crippen molar-refractivity contribution in [2.45, 2.75) is 42.7 Å². The summed E-state index contributed by atoms with van der Waals surface area (Å²) in [7, 11) is 0.0295. The maximum atomic E-state index is 13.6. The van der Waals surface area contributed by atoms with Crippen LogP contribution in [0.2, 0.25) is 0 Å². The molecule has 0 saturated heterocycles. The second-order valence-electron chi connectivity index (χ2n) is 7.87. The smallest absolute Gasteiger partial charge is 0.251 e. The van der Waals surface area contributed by atoms with Gasteiger partial charge in [-0.25, -0.2) is 17.5 Å². The number of amides is 1. The van der Waals surface area contributed by atoms with Crippen LogP contribution in [-0.4, -0.2) is 45.9 Å². The van der Waals surface area contributed by atoms with Crippen LogP contribution in [0.15, 0.2) is 53.4 Å². The number of hydrogen-bond acceptors (Lipinski definition) is 4. The van der Waals surface area contributed by atoms with E-state index in [1.165, 1.54) is 24.3 Å². The average molecular weight is 434 g/mol. The highest BCUT2D eigenvalue weighted by atomic mass is 32.2. The third kappa shape index (κ3) is 5.65. The van der Waals surface area contributed by atoms with Gasteiger partial charge in [0.05, 0.1) is 10.9 Å². The molecule has 30 heavy (non-hydrogen) atoms. The number of carbonyl (C=O) groups is 1. The summed E-state index contributed by atoms with van der Waals surface area (Å²) in [4.78, 5) is 14.6. The van der Waals surface area contributed by atoms with Crippen molar-refractivity contribution in [3.63, 3.8) is 0 Å². The zero-order chi connectivity index (χ0) is 21.7. The van der Waals surface area contributed by atoms with Crippen LogP contribution in [0.1, 0.15) is 47.6 Å². The molecule has 0 bridgehead atoms. The number of rotatable bonds is 8. The number of nitrogens with one attached hydrogen (secondary N) is 2. The fraction of sp³-hybridized carbons (Fsp3) is 0.409. The molecule has 3 rings (SSSR count). The molecule has 0 unspecified atom stereocenters. The Hall–Kier alpha value is -2.29. The largest absolute Gasteiger partial charge is 0.350 e. The fourth-order valence-corrected chi connectivity index (χ4v) is 5.09. The van der Waals surface area contributed by atoms with Crippen molar-refractivity contribution in [2.24, 2.45) is 0 Å². The minimum Gasteiger partial charge on any atom is -0.350 e. The van der Waals surface area contributed by atoms with Crippen LogP contribution < -0.4 is 10.0 Å². The molecule has 2 N–H and O–H groups in total. The van der Waals surface area contributed by atoms with Crippen LogP contribution in [-0.2, 0) is 10.0 Å². The number of halogens is 1. The van der Waals surface area contributed by atoms with Crippen LogP contribution in [0.5, 0.6) is 0 Å². The van der Waals surface area contributed by atoms with Gasteiger partial charge in [0.15, 0.2) is 0 Å². The Kier molecular flexibility index (Phi) is 7.23. The van der Waals surface area contributed by atoms with Gasteiger partial charge < -0.3 is 10.2 Å². The average Bonchev–Trinajstić information content (AvgIpc) is 3.20. The van der Waals surface area contributed by atoms with E-state index < -0.39 is 10.0 Å². The summed E-state index contributed by atoms with van der Waals surface area (Å²) in [5, 5.41) is 2.83. The predicted octanol–water partition coefficient (Wildman–Crippen LogP) is 3.08. The maximum absolute atomic E-state index is 13.6. The molecule has 6 nitrogen and oxygen atoms in total. The lowest BCUT2D eigenvalue weighted by atomic mass is 10.1. The summed E-state index contributed by atoms with van der Waals surface area (Å²) < 4.78 is 41.6. The van der Waals surface area contributed by atoms with Gasteiger partial charge in [0.1, 0.15) is 5.82 Å². The number of nitrogens with zero attached hydrogens (tertiary/aromatic N) is 1. The first kappa shape index (κ1) is 22.4. The topological polar surface area (TPSA) is 78.5 Å². The molecule has 1 fully saturated rings. The van der Waals surface area contributed by atoms with Gasteiger partial charge in [-0.1, -0.05) is 31.0 Å². The van der Waals surface area contributed by atoms with E-state index in [2.05, 4.69) is 10.0 Å². The van der Waals surface area contributed by atoms with E-state index in [1.54, 1.807) is 18.2 Å². The Morgan fingerprint density at radius 2 is 1.83 bits per heavy atom. The molecule has 0 radical (unpaired) electrons. The highest BCUT2D eigenvalue weighted by molar-refractivity contribution is 7.89. The van der Waals surface area contributed by atoms with Crippen LogP contribution in [0, 0.1) is 5.82 Å². The van der Waals surface area contributed by atoms with Crippen molar-refractivity contribution in [2.75, 3.05) is 20.6 Å². The van der Waals surface area contributed by atoms with E-state index >= 15 is 0 Å². The van der Waals surface area contributed by atoms with Gasteiger partial charge in [0.2, 0.25) is 10.0 Å². The zero-order valence-electron chi connectivity index (χ0n) is 17.3. The lowest BCUT2D eigenvalue weighted by Gasteiger charge is -2.25. The first-order valence-electron chi connectivity index (χ1n) is 10.1. The molecule has 2 aromatic carbocycles. The number of likely N-dealkylation sites (N-methyl/N-ethyl adjacent to an activating group) is 1. The van der Waals surface area contributed by atoms with E-state index in [1.807, 2.05) is 25.1 Å². The molecule has 1 saturated carbocycles. The maximum Gasteiger partial charge on any atom is 0.251 e. The highest BCUT2D eigenvalue weighted by Crippen LogP contribution is 2.21. The van der Waals surface area contributed by atoms with Gasteiger partial charge in [-0.3, -0.25) is 4.79 Å². The molecule has 0 spiro atoms. The molecular formula is C22H28FN3O3S. The normalized spacial score (nSPS) is 16.0. The van der Waals surface area contributed by atoms with Crippen LogP contribution >= 0.6 is 0 Å². The molecule has 0 heterocycles. The molecule has 1 amide bonds. The SMILES string of the molecule is CN(C)[C@H](CNC(=O)c1cccc(S(=O)(=O)NC2CCCC2)c1)c1cccc(F)c1. The summed E-state index contributed by atoms with van der Waals surface area (Å²) in [6, 6.07) is 12.0. The van der Waals surface area contributed by atoms with Crippen molar-refractivity contribution in [1.29, 1.82) is 0 Å². The highest BCUT2D eigenvalue weighted by Gasteiger charge is 2.24. The predicted molar refractivity (Wildman–Crippen MR) is 114 cm³/mol. The molecule has 1 aliphatic carbocycles. The molecule has 0 aliphatic heterocycles. The zero-order valence-corrected chi connectivity index (χ0v) is 18.1. The monoisotopic (exact) mass is 433 g/mol. The Morgan fingerprint density at radius 3 is 2.50 bits per heavy atom. The second-order valence-corrected chi connectivity index (χ2v) is 9.59. The van der Waals surface area contributed by atoms with Crippen molar-refractivity contribution >= 4 is 15.9 Å². The Balaban J connectivity index is 1.70. The first-order valence-corrected chi connectivity index (χ1v) is 11.6. The third-order valence-electron chi connectivity index (χ3n) is 5.40. The summed E-state index contributed by atoms with van der Waals surface area (Å²) in [6.45, 7) is 0.257. The van der Waals surface area contributed by atoms with Gasteiger partial charge >= 0.3 is 0 Å². The van der Waals surface area contributed by atoms with Gasteiger partial charge in [0, 0.05) is 18.2 Å². The minimum absolute atomic E-state index is 0.0420. The number of benzene rings is 2. The van der Waals surface area contributed by atoms with Crippen LogP contribution in [0.4, 0.5) is 4.39 Å². The van der Waals surface area contributed by atoms with Crippen molar-refractivity contribution < 1.29 is 17.6 Å². The van der Waals surface area contributed by atoms with Crippen LogP contribution in [0.25, 0.3) is 0 Å². The van der Waals surface area contributed by atoms with Gasteiger partial charge in [-0.15, -0.1) is 0 Å². The van der Waals surface area contributed by atoms with Gasteiger partial charge in [0.25, 0.3) is 5.91 Å². The molecule has 1 atom stereocenters. The van der Waals surface area contributed by atoms with E-state index in [4.69, 9.17) is 0 Å².